The number of hydrazone groups is 1. The predicted molar refractivity (Wildman–Crippen MR) is 94.9 cm³/mol. The molecule has 0 bridgehead atoms. The number of piperazine rings is 1. The van der Waals surface area contributed by atoms with E-state index >= 15 is 0 Å². The highest BCUT2D eigenvalue weighted by molar-refractivity contribution is 5.75. The summed E-state index contributed by atoms with van der Waals surface area (Å²) in [5.74, 6) is 0. The Morgan fingerprint density at radius 3 is 2.24 bits per heavy atom. The van der Waals surface area contributed by atoms with E-state index in [1.165, 1.54) is 23.1 Å². The number of nitrogens with zero attached hydrogens (tertiary/aromatic N) is 4. The largest absolute Gasteiger partial charge is 0.416 e. The lowest BCUT2D eigenvalue weighted by molar-refractivity contribution is -0.138. The average Bonchev–Trinajstić information content (AvgIpc) is 2.64. The van der Waals surface area contributed by atoms with Gasteiger partial charge in [-0.3, -0.25) is 4.90 Å². The van der Waals surface area contributed by atoms with Crippen molar-refractivity contribution in [2.75, 3.05) is 26.2 Å². The number of hydrogen-bond acceptors (Lipinski definition) is 3. The molecule has 0 saturated carbocycles. The van der Waals surface area contributed by atoms with Crippen molar-refractivity contribution < 1.29 is 31.1 Å². The number of carbonyl (C=O) groups is 1. The number of alkyl halides is 6. The van der Waals surface area contributed by atoms with E-state index in [9.17, 15) is 31.1 Å². The van der Waals surface area contributed by atoms with Crippen molar-refractivity contribution in [2.24, 2.45) is 5.10 Å². The highest BCUT2D eigenvalue weighted by atomic mass is 19.4. The van der Waals surface area contributed by atoms with Crippen molar-refractivity contribution in [3.63, 3.8) is 0 Å². The lowest BCUT2D eigenvalue weighted by Crippen LogP contribution is -2.50. The third-order valence-corrected chi connectivity index (χ3v) is 4.47. The first kappa shape index (κ1) is 22.7. The first-order chi connectivity index (χ1) is 13.4. The fourth-order valence-corrected chi connectivity index (χ4v) is 2.83. The third-order valence-electron chi connectivity index (χ3n) is 4.47. The Hall–Kier alpha value is -2.56. The first-order valence-electron chi connectivity index (χ1n) is 8.61. The van der Waals surface area contributed by atoms with E-state index in [4.69, 9.17) is 0 Å². The zero-order valence-corrected chi connectivity index (χ0v) is 15.6. The second-order valence-corrected chi connectivity index (χ2v) is 6.50. The van der Waals surface area contributed by atoms with E-state index in [-0.39, 0.29) is 38.3 Å². The lowest BCUT2D eigenvalue weighted by atomic mass is 10.1. The van der Waals surface area contributed by atoms with Crippen LogP contribution in [0.3, 0.4) is 0 Å². The number of hydrogen-bond donors (Lipinski definition) is 0. The van der Waals surface area contributed by atoms with Crippen LogP contribution in [0.15, 0.2) is 41.1 Å². The van der Waals surface area contributed by atoms with E-state index in [0.29, 0.717) is 11.2 Å². The summed E-state index contributed by atoms with van der Waals surface area (Å²) < 4.78 is 77.3. The van der Waals surface area contributed by atoms with Crippen LogP contribution in [-0.2, 0) is 12.7 Å². The van der Waals surface area contributed by atoms with Gasteiger partial charge in [-0.1, -0.05) is 18.2 Å². The molecule has 0 unspecified atom stereocenters. The normalized spacial score (nSPS) is 16.7. The van der Waals surface area contributed by atoms with E-state index in [2.05, 4.69) is 11.8 Å². The molecule has 0 atom stereocenters. The van der Waals surface area contributed by atoms with Crippen LogP contribution < -0.4 is 0 Å². The average molecular weight is 422 g/mol. The number of rotatable bonds is 4. The highest BCUT2D eigenvalue weighted by Crippen LogP contribution is 2.32. The molecule has 160 valence electrons. The minimum Gasteiger partial charge on any atom is -0.320 e. The molecule has 1 aromatic rings. The molecular formula is C18H20F6N4O. The Labute approximate surface area is 163 Å². The van der Waals surface area contributed by atoms with Crippen LogP contribution in [0, 0.1) is 0 Å². The lowest BCUT2D eigenvalue weighted by Gasteiger charge is -2.36. The number of allylic oxidation sites excluding steroid dienone is 1. The maximum absolute atomic E-state index is 13.1. The topological polar surface area (TPSA) is 39.2 Å². The molecule has 1 saturated heterocycles. The Morgan fingerprint density at radius 1 is 1.14 bits per heavy atom. The van der Waals surface area contributed by atoms with Gasteiger partial charge in [0.15, 0.2) is 0 Å². The quantitative estimate of drug-likeness (QED) is 0.412. The summed E-state index contributed by atoms with van der Waals surface area (Å²) in [5.41, 5.74) is -1.60. The monoisotopic (exact) mass is 422 g/mol. The number of urea groups is 1. The second-order valence-electron chi connectivity index (χ2n) is 6.50. The van der Waals surface area contributed by atoms with Crippen LogP contribution in [0.4, 0.5) is 31.1 Å². The Bertz CT molecular complexity index is 766. The van der Waals surface area contributed by atoms with Gasteiger partial charge in [0, 0.05) is 51.2 Å². The molecule has 1 heterocycles. The van der Waals surface area contributed by atoms with E-state index in [1.807, 2.05) is 0 Å². The molecule has 29 heavy (non-hydrogen) atoms. The minimum atomic E-state index is -4.60. The van der Waals surface area contributed by atoms with E-state index in [1.54, 1.807) is 4.90 Å². The van der Waals surface area contributed by atoms with E-state index in [0.717, 1.165) is 13.0 Å². The molecule has 0 spiro atoms. The fraction of sp³-hybridized carbons (Fsp3) is 0.444. The van der Waals surface area contributed by atoms with Gasteiger partial charge in [0.2, 0.25) is 0 Å². The van der Waals surface area contributed by atoms with Crippen LogP contribution in [0.2, 0.25) is 0 Å². The van der Waals surface area contributed by atoms with Crippen LogP contribution in [0.1, 0.15) is 18.1 Å². The molecule has 5 nitrogen and oxygen atoms in total. The zero-order chi connectivity index (χ0) is 21.8. The molecule has 0 aromatic heterocycles. The molecular weight excluding hydrogens is 402 g/mol. The van der Waals surface area contributed by atoms with E-state index < -0.39 is 29.5 Å². The Balaban J connectivity index is 2.00. The summed E-state index contributed by atoms with van der Waals surface area (Å²) in [7, 11) is 0. The molecule has 1 aliphatic rings. The molecule has 1 aromatic carbocycles. The molecule has 2 rings (SSSR count). The first-order valence-corrected chi connectivity index (χ1v) is 8.61. The van der Waals surface area contributed by atoms with Gasteiger partial charge >= 0.3 is 18.4 Å². The number of benzene rings is 1. The third kappa shape index (κ3) is 5.96. The molecule has 0 radical (unpaired) electrons. The van der Waals surface area contributed by atoms with Gasteiger partial charge in [0.25, 0.3) is 0 Å². The number of carbonyl (C=O) groups excluding carboxylic acids is 1. The maximum atomic E-state index is 13.1. The zero-order valence-electron chi connectivity index (χ0n) is 15.6. The van der Waals surface area contributed by atoms with Gasteiger partial charge in [-0.05, 0) is 18.6 Å². The van der Waals surface area contributed by atoms with Gasteiger partial charge in [-0.15, -0.1) is 0 Å². The second kappa shape index (κ2) is 8.85. The fourth-order valence-electron chi connectivity index (χ4n) is 2.83. The number of halogens is 6. The standard InChI is InChI=1S/C18H20F6N4O/c1-13(17(19,20)21)11-28(25-2)16(29)27-9-7-26(8-10-27)12-14-5-3-4-6-15(14)18(22,23)24/h3-6,11H,2,7-10,12H2,1H3/b13-11+. The van der Waals surface area contributed by atoms with Crippen LogP contribution in [-0.4, -0.2) is 59.9 Å². The summed E-state index contributed by atoms with van der Waals surface area (Å²) in [6.45, 7) is 4.78. The molecule has 0 N–H and O–H groups in total. The SMILES string of the molecule is C=NN(/C=C(\C)C(F)(F)F)C(=O)N1CCN(Cc2ccccc2C(F)(F)F)CC1. The Kier molecular flexibility index (Phi) is 6.93. The van der Waals surface area contributed by atoms with Gasteiger partial charge < -0.3 is 4.90 Å². The number of amides is 2. The molecule has 2 amide bonds. The highest BCUT2D eigenvalue weighted by Gasteiger charge is 2.34. The summed E-state index contributed by atoms with van der Waals surface area (Å²) >= 11 is 0. The van der Waals surface area contributed by atoms with Gasteiger partial charge in [-0.25, -0.2) is 4.79 Å². The van der Waals surface area contributed by atoms with Crippen molar-refractivity contribution in [1.82, 2.24) is 14.8 Å². The van der Waals surface area contributed by atoms with Crippen LogP contribution >= 0.6 is 0 Å². The van der Waals surface area contributed by atoms with Crippen molar-refractivity contribution >= 4 is 12.7 Å². The van der Waals surface area contributed by atoms with Gasteiger partial charge in [0.1, 0.15) is 0 Å². The van der Waals surface area contributed by atoms with Gasteiger partial charge in [-0.2, -0.15) is 36.5 Å². The maximum Gasteiger partial charge on any atom is 0.416 e. The Morgan fingerprint density at radius 2 is 1.72 bits per heavy atom. The molecule has 0 aliphatic carbocycles. The smallest absolute Gasteiger partial charge is 0.320 e. The summed E-state index contributed by atoms with van der Waals surface area (Å²) in [6, 6.07) is 4.47. The molecule has 1 fully saturated rings. The summed E-state index contributed by atoms with van der Waals surface area (Å²) in [4.78, 5) is 15.4. The van der Waals surface area contributed by atoms with Crippen molar-refractivity contribution in [3.05, 3.63) is 47.2 Å². The van der Waals surface area contributed by atoms with Crippen molar-refractivity contribution in [3.8, 4) is 0 Å². The van der Waals surface area contributed by atoms with Crippen LogP contribution in [0.25, 0.3) is 0 Å². The van der Waals surface area contributed by atoms with Crippen LogP contribution in [0.5, 0.6) is 0 Å². The van der Waals surface area contributed by atoms with Crippen molar-refractivity contribution in [1.29, 1.82) is 0 Å². The molecule has 11 heteroatoms. The predicted octanol–water partition coefficient (Wildman–Crippen LogP) is 4.33. The van der Waals surface area contributed by atoms with Gasteiger partial charge in [0.05, 0.1) is 5.56 Å². The van der Waals surface area contributed by atoms with Crippen molar-refractivity contribution in [2.45, 2.75) is 25.8 Å². The molecule has 1 aliphatic heterocycles. The summed E-state index contributed by atoms with van der Waals surface area (Å²) in [6.07, 6.45) is -8.51. The summed E-state index contributed by atoms with van der Waals surface area (Å²) in [5, 5.41) is 3.83. The minimum absolute atomic E-state index is 0.0498.